The molecule has 0 aromatic carbocycles. The maximum Gasteiger partial charge on any atom is 0.393 e. The number of piperidine rings is 1. The van der Waals surface area contributed by atoms with Crippen LogP contribution in [0.2, 0.25) is 0 Å². The molecule has 88 valence electrons. The van der Waals surface area contributed by atoms with E-state index in [-0.39, 0.29) is 18.7 Å². The fraction of sp³-hybridized carbons (Fsp3) is 0.900. The third kappa shape index (κ3) is 3.19. The van der Waals surface area contributed by atoms with E-state index in [1.165, 1.54) is 6.92 Å². The Balaban J connectivity index is 2.60. The van der Waals surface area contributed by atoms with Gasteiger partial charge in [-0.25, -0.2) is 0 Å². The molecule has 2 atom stereocenters. The maximum atomic E-state index is 12.5. The number of likely N-dealkylation sites (tertiary alicyclic amines) is 1. The van der Waals surface area contributed by atoms with Crippen molar-refractivity contribution in [1.29, 1.82) is 0 Å². The Morgan fingerprint density at radius 2 is 2.07 bits per heavy atom. The standard InChI is InChI=1S/C10H16F3NO/c1-7(8(2)15)14-5-3-4-9(6-14)10(11,12)13/h7,9H,3-6H2,1-2H3. The average Bonchev–Trinajstić information content (AvgIpc) is 2.15. The van der Waals surface area contributed by atoms with Gasteiger partial charge in [0.1, 0.15) is 5.78 Å². The SMILES string of the molecule is CC(=O)C(C)N1CCCC(C(F)(F)F)C1. The molecule has 1 heterocycles. The lowest BCUT2D eigenvalue weighted by molar-refractivity contribution is -0.188. The first-order chi connectivity index (χ1) is 6.82. The number of hydrogen-bond acceptors (Lipinski definition) is 2. The summed E-state index contributed by atoms with van der Waals surface area (Å²) in [5.41, 5.74) is 0. The van der Waals surface area contributed by atoms with Crippen LogP contribution < -0.4 is 0 Å². The van der Waals surface area contributed by atoms with Crippen LogP contribution in [0.4, 0.5) is 13.2 Å². The minimum Gasteiger partial charge on any atom is -0.298 e. The predicted octanol–water partition coefficient (Wildman–Crippen LogP) is 2.24. The Morgan fingerprint density at radius 1 is 1.47 bits per heavy atom. The summed E-state index contributed by atoms with van der Waals surface area (Å²) in [6, 6.07) is -0.393. The van der Waals surface area contributed by atoms with Crippen LogP contribution >= 0.6 is 0 Å². The Labute approximate surface area is 87.4 Å². The smallest absolute Gasteiger partial charge is 0.298 e. The van der Waals surface area contributed by atoms with Crippen molar-refractivity contribution in [1.82, 2.24) is 4.90 Å². The van der Waals surface area contributed by atoms with E-state index in [2.05, 4.69) is 0 Å². The lowest BCUT2D eigenvalue weighted by Gasteiger charge is -2.36. The molecule has 0 spiro atoms. The van der Waals surface area contributed by atoms with Gasteiger partial charge >= 0.3 is 6.18 Å². The second kappa shape index (κ2) is 4.51. The van der Waals surface area contributed by atoms with Gasteiger partial charge in [-0.1, -0.05) is 0 Å². The normalized spacial score (nSPS) is 26.3. The highest BCUT2D eigenvalue weighted by Crippen LogP contribution is 2.33. The van der Waals surface area contributed by atoms with Crippen molar-refractivity contribution >= 4 is 5.78 Å². The molecule has 0 amide bonds. The first kappa shape index (κ1) is 12.5. The van der Waals surface area contributed by atoms with Crippen LogP contribution in [0.25, 0.3) is 0 Å². The highest BCUT2D eigenvalue weighted by Gasteiger charge is 2.42. The second-order valence-electron chi connectivity index (χ2n) is 4.16. The number of halogens is 3. The summed E-state index contributed by atoms with van der Waals surface area (Å²) in [5.74, 6) is -1.34. The molecular weight excluding hydrogens is 207 g/mol. The summed E-state index contributed by atoms with van der Waals surface area (Å²) in [6.45, 7) is 3.64. The quantitative estimate of drug-likeness (QED) is 0.715. The van der Waals surface area contributed by atoms with Crippen LogP contribution in [0.1, 0.15) is 26.7 Å². The van der Waals surface area contributed by atoms with E-state index in [0.29, 0.717) is 13.0 Å². The van der Waals surface area contributed by atoms with E-state index in [9.17, 15) is 18.0 Å². The number of Topliss-reactive ketones (excluding diaryl/α,β-unsaturated/α-hetero) is 1. The zero-order valence-corrected chi connectivity index (χ0v) is 8.97. The molecule has 0 aliphatic carbocycles. The highest BCUT2D eigenvalue weighted by atomic mass is 19.4. The average molecular weight is 223 g/mol. The van der Waals surface area contributed by atoms with Crippen molar-refractivity contribution < 1.29 is 18.0 Å². The number of nitrogens with zero attached hydrogens (tertiary/aromatic N) is 1. The van der Waals surface area contributed by atoms with E-state index in [1.54, 1.807) is 11.8 Å². The van der Waals surface area contributed by atoms with E-state index in [4.69, 9.17) is 0 Å². The van der Waals surface area contributed by atoms with Crippen molar-refractivity contribution in [2.24, 2.45) is 5.92 Å². The lowest BCUT2D eigenvalue weighted by Crippen LogP contribution is -2.47. The molecule has 1 fully saturated rings. The molecule has 0 bridgehead atoms. The number of carbonyl (C=O) groups excluding carboxylic acids is 1. The van der Waals surface area contributed by atoms with Crippen molar-refractivity contribution in [3.63, 3.8) is 0 Å². The van der Waals surface area contributed by atoms with E-state index < -0.39 is 18.1 Å². The summed E-state index contributed by atoms with van der Waals surface area (Å²) in [5, 5.41) is 0. The van der Waals surface area contributed by atoms with Crippen LogP contribution in [0.3, 0.4) is 0 Å². The molecule has 0 saturated carbocycles. The molecule has 0 N–H and O–H groups in total. The molecule has 15 heavy (non-hydrogen) atoms. The summed E-state index contributed by atoms with van der Waals surface area (Å²) < 4.78 is 37.4. The van der Waals surface area contributed by atoms with Crippen molar-refractivity contribution in [2.45, 2.75) is 38.9 Å². The molecular formula is C10H16F3NO. The van der Waals surface area contributed by atoms with Gasteiger partial charge in [-0.2, -0.15) is 13.2 Å². The molecule has 2 nitrogen and oxygen atoms in total. The van der Waals surface area contributed by atoms with Gasteiger partial charge in [-0.15, -0.1) is 0 Å². The molecule has 0 radical (unpaired) electrons. The number of alkyl halides is 3. The van der Waals surface area contributed by atoms with Crippen LogP contribution in [0.5, 0.6) is 0 Å². The van der Waals surface area contributed by atoms with Crippen LogP contribution in [0, 0.1) is 5.92 Å². The van der Waals surface area contributed by atoms with Crippen molar-refractivity contribution in [2.75, 3.05) is 13.1 Å². The second-order valence-corrected chi connectivity index (χ2v) is 4.16. The van der Waals surface area contributed by atoms with E-state index in [1.807, 2.05) is 0 Å². The molecule has 1 rings (SSSR count). The lowest BCUT2D eigenvalue weighted by atomic mass is 9.96. The highest BCUT2D eigenvalue weighted by molar-refractivity contribution is 5.80. The zero-order valence-electron chi connectivity index (χ0n) is 8.97. The largest absolute Gasteiger partial charge is 0.393 e. The first-order valence-electron chi connectivity index (χ1n) is 5.13. The molecule has 0 aromatic heterocycles. The summed E-state index contributed by atoms with van der Waals surface area (Å²) in [6.07, 6.45) is -3.43. The Kier molecular flexibility index (Phi) is 3.76. The number of hydrogen-bond donors (Lipinski definition) is 0. The fourth-order valence-electron chi connectivity index (χ4n) is 1.88. The number of carbonyl (C=O) groups is 1. The number of rotatable bonds is 2. The Morgan fingerprint density at radius 3 is 2.53 bits per heavy atom. The van der Waals surface area contributed by atoms with Gasteiger partial charge in [-0.3, -0.25) is 9.69 Å². The van der Waals surface area contributed by atoms with Gasteiger partial charge in [0.05, 0.1) is 12.0 Å². The molecule has 5 heteroatoms. The van der Waals surface area contributed by atoms with Crippen LogP contribution in [-0.2, 0) is 4.79 Å². The first-order valence-corrected chi connectivity index (χ1v) is 5.13. The molecule has 1 aliphatic rings. The van der Waals surface area contributed by atoms with Gasteiger partial charge in [0, 0.05) is 6.54 Å². The topological polar surface area (TPSA) is 20.3 Å². The number of ketones is 1. The van der Waals surface area contributed by atoms with Gasteiger partial charge in [0.15, 0.2) is 0 Å². The maximum absolute atomic E-state index is 12.5. The monoisotopic (exact) mass is 223 g/mol. The minimum absolute atomic E-state index is 0.0375. The molecule has 2 unspecified atom stereocenters. The van der Waals surface area contributed by atoms with E-state index in [0.717, 1.165) is 0 Å². The predicted molar refractivity (Wildman–Crippen MR) is 50.5 cm³/mol. The van der Waals surface area contributed by atoms with Crippen molar-refractivity contribution in [3.05, 3.63) is 0 Å². The van der Waals surface area contributed by atoms with Gasteiger partial charge in [0.25, 0.3) is 0 Å². The van der Waals surface area contributed by atoms with Gasteiger partial charge in [0.2, 0.25) is 0 Å². The molecule has 1 saturated heterocycles. The van der Waals surface area contributed by atoms with Gasteiger partial charge in [-0.05, 0) is 33.2 Å². The van der Waals surface area contributed by atoms with Crippen LogP contribution in [0.15, 0.2) is 0 Å². The summed E-state index contributed by atoms with van der Waals surface area (Å²) in [7, 11) is 0. The minimum atomic E-state index is -4.13. The molecule has 0 aromatic rings. The van der Waals surface area contributed by atoms with Crippen molar-refractivity contribution in [3.8, 4) is 0 Å². The van der Waals surface area contributed by atoms with Gasteiger partial charge < -0.3 is 0 Å². The molecule has 1 aliphatic heterocycles. The Bertz CT molecular complexity index is 239. The summed E-state index contributed by atoms with van der Waals surface area (Å²) in [4.78, 5) is 12.7. The van der Waals surface area contributed by atoms with E-state index >= 15 is 0 Å². The summed E-state index contributed by atoms with van der Waals surface area (Å²) >= 11 is 0. The Hall–Kier alpha value is -0.580. The third-order valence-electron chi connectivity index (χ3n) is 3.05. The third-order valence-corrected chi connectivity index (χ3v) is 3.05. The zero-order chi connectivity index (χ0) is 11.6. The fourth-order valence-corrected chi connectivity index (χ4v) is 1.88. The van der Waals surface area contributed by atoms with Crippen LogP contribution in [-0.4, -0.2) is 36.0 Å².